The van der Waals surface area contributed by atoms with Crippen LogP contribution in [0.4, 0.5) is 0 Å². The number of hydrogen-bond donors (Lipinski definition) is 0. The summed E-state index contributed by atoms with van der Waals surface area (Å²) in [6, 6.07) is 81.0. The Morgan fingerprint density at radius 2 is 0.809 bits per heavy atom. The summed E-state index contributed by atoms with van der Waals surface area (Å²) in [7, 11) is 0. The van der Waals surface area contributed by atoms with Crippen molar-refractivity contribution >= 4 is 43.6 Å². The van der Waals surface area contributed by atoms with Gasteiger partial charge in [-0.15, -0.1) is 0 Å². The zero-order chi connectivity index (χ0) is 43.4. The molecule has 0 bridgehead atoms. The molecule has 2 aliphatic heterocycles. The van der Waals surface area contributed by atoms with Gasteiger partial charge in [0.1, 0.15) is 0 Å². The van der Waals surface area contributed by atoms with E-state index in [1.54, 1.807) is 0 Å². The Hall–Kier alpha value is -8.20. The molecule has 10 aromatic carbocycles. The van der Waals surface area contributed by atoms with Gasteiger partial charge >= 0.3 is 0 Å². The summed E-state index contributed by atoms with van der Waals surface area (Å²) in [6.45, 7) is 0. The molecule has 0 radical (unpaired) electrons. The van der Waals surface area contributed by atoms with Crippen molar-refractivity contribution in [1.82, 2.24) is 9.13 Å². The van der Waals surface area contributed by atoms with Gasteiger partial charge in [-0.3, -0.25) is 0 Å². The predicted octanol–water partition coefficient (Wildman–Crippen LogP) is 14.4. The number of aromatic nitrogens is 2. The quantitative estimate of drug-likeness (QED) is 0.156. The van der Waals surface area contributed by atoms with Gasteiger partial charge in [-0.2, -0.15) is 0 Å². The van der Waals surface area contributed by atoms with Crippen LogP contribution in [0.3, 0.4) is 0 Å². The highest BCUT2D eigenvalue weighted by atomic mass is 15.0. The van der Waals surface area contributed by atoms with Crippen molar-refractivity contribution in [1.29, 1.82) is 0 Å². The first-order valence-corrected chi connectivity index (χ1v) is 24.6. The molecule has 2 aromatic heterocycles. The van der Waals surface area contributed by atoms with E-state index in [1.165, 1.54) is 144 Å². The van der Waals surface area contributed by atoms with Crippen LogP contribution in [-0.2, 0) is 21.7 Å². The van der Waals surface area contributed by atoms with Gasteiger partial charge in [0.25, 0.3) is 0 Å². The van der Waals surface area contributed by atoms with E-state index < -0.39 is 0 Å². The van der Waals surface area contributed by atoms with E-state index in [0.29, 0.717) is 5.92 Å². The molecule has 20 rings (SSSR count). The first-order chi connectivity index (χ1) is 33.8. The van der Waals surface area contributed by atoms with Gasteiger partial charge in [0.15, 0.2) is 0 Å². The van der Waals surface area contributed by atoms with Crippen LogP contribution >= 0.6 is 0 Å². The predicted molar refractivity (Wildman–Crippen MR) is 271 cm³/mol. The third-order valence-electron chi connectivity index (χ3n) is 19.7. The molecule has 6 aliphatic carbocycles. The van der Waals surface area contributed by atoms with Crippen LogP contribution in [-0.4, -0.2) is 9.13 Å². The van der Waals surface area contributed by atoms with Crippen LogP contribution in [0.15, 0.2) is 206 Å². The minimum atomic E-state index is -0.270. The third-order valence-corrected chi connectivity index (χ3v) is 19.7. The normalized spacial score (nSPS) is 25.9. The number of para-hydroxylation sites is 3. The van der Waals surface area contributed by atoms with Crippen LogP contribution < -0.4 is 0 Å². The lowest BCUT2D eigenvalue weighted by molar-refractivity contribution is 0.257. The fourth-order valence-corrected chi connectivity index (χ4v) is 18.1. The number of rotatable bonds is 1. The molecule has 0 N–H and O–H groups in total. The van der Waals surface area contributed by atoms with Gasteiger partial charge in [-0.25, -0.2) is 0 Å². The highest BCUT2D eigenvalue weighted by Crippen LogP contribution is 2.85. The zero-order valence-corrected chi connectivity index (χ0v) is 36.7. The summed E-state index contributed by atoms with van der Waals surface area (Å²) in [5.74, 6) is 0.582. The zero-order valence-electron chi connectivity index (χ0n) is 36.7. The summed E-state index contributed by atoms with van der Waals surface area (Å²) in [6.07, 6.45) is 0. The molecule has 4 heterocycles. The fourth-order valence-electron chi connectivity index (χ4n) is 18.1. The second kappa shape index (κ2) is 10.1. The van der Waals surface area contributed by atoms with Crippen molar-refractivity contribution in [3.63, 3.8) is 0 Å². The highest BCUT2D eigenvalue weighted by Gasteiger charge is 2.81. The van der Waals surface area contributed by atoms with Crippen LogP contribution in [0, 0.1) is 0 Å². The lowest BCUT2D eigenvalue weighted by Gasteiger charge is -2.66. The summed E-state index contributed by atoms with van der Waals surface area (Å²) in [5.41, 5.74) is 30.7. The number of benzene rings is 10. The van der Waals surface area contributed by atoms with Crippen molar-refractivity contribution < 1.29 is 0 Å². The van der Waals surface area contributed by atoms with E-state index in [9.17, 15) is 0 Å². The Balaban J connectivity index is 0.852. The fraction of sp³-hybridized carbons (Fsp3) is 0.0909. The van der Waals surface area contributed by atoms with E-state index in [2.05, 4.69) is 215 Å². The molecule has 310 valence electrons. The van der Waals surface area contributed by atoms with Gasteiger partial charge in [-0.05, 0) is 113 Å². The standard InChI is InChI=1S/C66H36N2/c1-4-18-45-41(15-1)57-43-30-29-40-38-14-3-10-25-54(38)68-56-34-36(28-32-51(56)65(60(43)62(40)68)49-21-7-5-19-47(49)63(45,57)65)35-27-31-46-44(33-35)58-42-17-12-26-55-59(42)66(50-22-8-6-20-48(50)64(46,58)66)52-23-11-16-39-37-13-2-9-24-53(37)67(55)61(39)52/h1-34,57-58H. The lowest BCUT2D eigenvalue weighted by Crippen LogP contribution is -2.64. The van der Waals surface area contributed by atoms with Gasteiger partial charge in [0.05, 0.1) is 44.3 Å². The summed E-state index contributed by atoms with van der Waals surface area (Å²) < 4.78 is 5.27. The molecule has 68 heavy (non-hydrogen) atoms. The molecule has 0 saturated carbocycles. The summed E-state index contributed by atoms with van der Waals surface area (Å²) >= 11 is 0. The molecule has 6 atom stereocenters. The molecule has 8 aliphatic rings. The van der Waals surface area contributed by atoms with E-state index in [0.717, 1.165) is 0 Å². The van der Waals surface area contributed by atoms with Gasteiger partial charge in [0.2, 0.25) is 0 Å². The van der Waals surface area contributed by atoms with Gasteiger partial charge in [0, 0.05) is 44.2 Å². The second-order valence-corrected chi connectivity index (χ2v) is 21.3. The largest absolute Gasteiger partial charge is 0.309 e. The Kier molecular flexibility index (Phi) is 4.92. The molecule has 0 fully saturated rings. The topological polar surface area (TPSA) is 9.86 Å². The summed E-state index contributed by atoms with van der Waals surface area (Å²) in [4.78, 5) is 0. The van der Waals surface area contributed by atoms with Crippen molar-refractivity contribution in [3.8, 4) is 22.5 Å². The minimum absolute atomic E-state index is 0.125. The maximum Gasteiger partial charge on any atom is 0.0645 e. The third kappa shape index (κ3) is 2.76. The maximum atomic E-state index is 2.66. The molecule has 12 aromatic rings. The first kappa shape index (κ1) is 33.3. The van der Waals surface area contributed by atoms with E-state index >= 15 is 0 Å². The Labute approximate surface area is 391 Å². The highest BCUT2D eigenvalue weighted by molar-refractivity contribution is 6.15. The average Bonchev–Trinajstić information content (AvgIpc) is 4.02. The van der Waals surface area contributed by atoms with Crippen LogP contribution in [0.25, 0.3) is 66.1 Å². The molecular formula is C66H36N2. The van der Waals surface area contributed by atoms with E-state index in [-0.39, 0.29) is 27.6 Å². The smallest absolute Gasteiger partial charge is 0.0645 e. The van der Waals surface area contributed by atoms with Crippen molar-refractivity contribution in [2.24, 2.45) is 0 Å². The van der Waals surface area contributed by atoms with Crippen LogP contribution in [0.2, 0.25) is 0 Å². The SMILES string of the molecule is c1ccc2c(c1)C1c3ccc4c5ccccc5n5c4c3C3(c4ccc(-c6ccc7c(c6)C6c8cccc9c8C8(c%10ccccc%10C768)c6cccc7c8ccccc8n-9c67)cc4-5)c4ccccc4C213. The van der Waals surface area contributed by atoms with Crippen molar-refractivity contribution in [2.45, 2.75) is 33.5 Å². The molecule has 2 heteroatoms. The maximum absolute atomic E-state index is 2.66. The monoisotopic (exact) mass is 856 g/mol. The number of hydrogen-bond acceptors (Lipinski definition) is 0. The molecule has 2 nitrogen and oxygen atoms in total. The van der Waals surface area contributed by atoms with Crippen LogP contribution in [0.1, 0.15) is 89.7 Å². The second-order valence-electron chi connectivity index (χ2n) is 21.3. The molecular weight excluding hydrogens is 821 g/mol. The Morgan fingerprint density at radius 3 is 1.57 bits per heavy atom. The van der Waals surface area contributed by atoms with Crippen molar-refractivity contribution in [2.75, 3.05) is 0 Å². The number of nitrogens with zero attached hydrogens (tertiary/aromatic N) is 2. The van der Waals surface area contributed by atoms with E-state index in [1.807, 2.05) is 0 Å². The Morgan fingerprint density at radius 1 is 0.294 bits per heavy atom. The van der Waals surface area contributed by atoms with Crippen molar-refractivity contribution in [3.05, 3.63) is 284 Å². The molecule has 0 saturated heterocycles. The summed E-state index contributed by atoms with van der Waals surface area (Å²) in [5, 5.41) is 5.38. The average molecular weight is 857 g/mol. The van der Waals surface area contributed by atoms with Gasteiger partial charge in [-0.1, -0.05) is 182 Å². The number of fused-ring (bicyclic) bond motifs is 17. The Bertz CT molecular complexity index is 4560. The molecule has 6 unspecified atom stereocenters. The van der Waals surface area contributed by atoms with E-state index in [4.69, 9.17) is 0 Å². The van der Waals surface area contributed by atoms with Crippen LogP contribution in [0.5, 0.6) is 0 Å². The molecule has 4 spiro atoms. The lowest BCUT2D eigenvalue weighted by atomic mass is 9.35. The molecule has 0 amide bonds. The first-order valence-electron chi connectivity index (χ1n) is 24.6. The minimum Gasteiger partial charge on any atom is -0.309 e. The van der Waals surface area contributed by atoms with Gasteiger partial charge < -0.3 is 9.13 Å².